The van der Waals surface area contributed by atoms with Gasteiger partial charge in [-0.05, 0) is 30.2 Å². The molecule has 0 fully saturated rings. The van der Waals surface area contributed by atoms with Crippen molar-refractivity contribution in [2.24, 2.45) is 0 Å². The van der Waals surface area contributed by atoms with Gasteiger partial charge in [0.25, 0.3) is 0 Å². The summed E-state index contributed by atoms with van der Waals surface area (Å²) in [7, 11) is 0. The summed E-state index contributed by atoms with van der Waals surface area (Å²) in [4.78, 5) is 11.0. The highest BCUT2D eigenvalue weighted by molar-refractivity contribution is 6.30. The first-order valence-corrected chi connectivity index (χ1v) is 9.40. The van der Waals surface area contributed by atoms with Crippen molar-refractivity contribution >= 4 is 28.5 Å². The standard InChI is InChI=1S/C21H20ClN5O/c1-15-7-8-17(22)11-19(15)27-21-18(12-25-27)20(23-14-24-21)26(9-10-28)13-16-5-3-2-4-6-16/h2-8,11-12,14,28H,9-10,13H2,1H3. The molecule has 6 nitrogen and oxygen atoms in total. The van der Waals surface area contributed by atoms with Crippen LogP contribution in [-0.4, -0.2) is 38.0 Å². The molecule has 7 heteroatoms. The number of fused-ring (bicyclic) bond motifs is 1. The van der Waals surface area contributed by atoms with Crippen LogP contribution < -0.4 is 4.90 Å². The summed E-state index contributed by atoms with van der Waals surface area (Å²) >= 11 is 6.19. The SMILES string of the molecule is Cc1ccc(Cl)cc1-n1ncc2c(N(CCO)Cc3ccccc3)ncnc21. The van der Waals surface area contributed by atoms with E-state index in [0.717, 1.165) is 28.0 Å². The Kier molecular flexibility index (Phi) is 5.23. The summed E-state index contributed by atoms with van der Waals surface area (Å²) in [5.41, 5.74) is 3.77. The summed E-state index contributed by atoms with van der Waals surface area (Å²) in [5.74, 6) is 0.744. The maximum atomic E-state index is 9.58. The number of aliphatic hydroxyl groups excluding tert-OH is 1. The summed E-state index contributed by atoms with van der Waals surface area (Å²) in [6.45, 7) is 3.13. The van der Waals surface area contributed by atoms with Crippen LogP contribution in [-0.2, 0) is 6.54 Å². The molecule has 0 saturated carbocycles. The molecule has 2 heterocycles. The van der Waals surface area contributed by atoms with E-state index in [2.05, 4.69) is 27.2 Å². The van der Waals surface area contributed by atoms with Crippen molar-refractivity contribution < 1.29 is 5.11 Å². The fraction of sp³-hybridized carbons (Fsp3) is 0.190. The third-order valence-corrected chi connectivity index (χ3v) is 4.86. The van der Waals surface area contributed by atoms with Gasteiger partial charge in [-0.1, -0.05) is 48.0 Å². The predicted molar refractivity (Wildman–Crippen MR) is 111 cm³/mol. The van der Waals surface area contributed by atoms with Gasteiger partial charge in [0, 0.05) is 18.1 Å². The number of anilines is 1. The largest absolute Gasteiger partial charge is 0.395 e. The summed E-state index contributed by atoms with van der Waals surface area (Å²) in [6.07, 6.45) is 3.30. The molecule has 2 aromatic heterocycles. The number of hydrogen-bond donors (Lipinski definition) is 1. The van der Waals surface area contributed by atoms with Crippen LogP contribution in [0.4, 0.5) is 5.82 Å². The fourth-order valence-electron chi connectivity index (χ4n) is 3.26. The quantitative estimate of drug-likeness (QED) is 0.540. The summed E-state index contributed by atoms with van der Waals surface area (Å²) < 4.78 is 1.78. The molecule has 0 aliphatic carbocycles. The Bertz CT molecular complexity index is 1100. The molecule has 0 saturated heterocycles. The maximum absolute atomic E-state index is 9.58. The van der Waals surface area contributed by atoms with Gasteiger partial charge in [0.1, 0.15) is 12.1 Å². The minimum atomic E-state index is 0.0276. The third-order valence-electron chi connectivity index (χ3n) is 4.63. The van der Waals surface area contributed by atoms with Crippen molar-refractivity contribution in [3.05, 3.63) is 77.2 Å². The first-order valence-electron chi connectivity index (χ1n) is 9.02. The molecule has 0 bridgehead atoms. The van der Waals surface area contributed by atoms with Gasteiger partial charge in [0.15, 0.2) is 5.65 Å². The molecule has 28 heavy (non-hydrogen) atoms. The molecule has 2 aromatic carbocycles. The van der Waals surface area contributed by atoms with E-state index in [1.54, 1.807) is 10.9 Å². The summed E-state index contributed by atoms with van der Waals surface area (Å²) in [6, 6.07) is 15.8. The van der Waals surface area contributed by atoms with Gasteiger partial charge < -0.3 is 10.0 Å². The molecule has 142 valence electrons. The van der Waals surface area contributed by atoms with Crippen LogP contribution in [0.5, 0.6) is 0 Å². The minimum absolute atomic E-state index is 0.0276. The van der Waals surface area contributed by atoms with E-state index in [1.807, 2.05) is 48.2 Å². The van der Waals surface area contributed by atoms with Crippen LogP contribution in [0.15, 0.2) is 61.1 Å². The van der Waals surface area contributed by atoms with Gasteiger partial charge >= 0.3 is 0 Å². The van der Waals surface area contributed by atoms with E-state index in [1.165, 1.54) is 6.33 Å². The first kappa shape index (κ1) is 18.4. The van der Waals surface area contributed by atoms with E-state index >= 15 is 0 Å². The highest BCUT2D eigenvalue weighted by atomic mass is 35.5. The lowest BCUT2D eigenvalue weighted by Crippen LogP contribution is -2.27. The Morgan fingerprint density at radius 1 is 1.11 bits per heavy atom. The molecular formula is C21H20ClN5O. The fourth-order valence-corrected chi connectivity index (χ4v) is 3.42. The van der Waals surface area contributed by atoms with Crippen molar-refractivity contribution in [2.45, 2.75) is 13.5 Å². The number of hydrogen-bond acceptors (Lipinski definition) is 5. The van der Waals surface area contributed by atoms with E-state index < -0.39 is 0 Å². The van der Waals surface area contributed by atoms with Crippen molar-refractivity contribution in [1.82, 2.24) is 19.7 Å². The Hall–Kier alpha value is -2.96. The average Bonchev–Trinajstić information content (AvgIpc) is 3.14. The Morgan fingerprint density at radius 3 is 2.71 bits per heavy atom. The number of nitrogens with zero attached hydrogens (tertiary/aromatic N) is 5. The highest BCUT2D eigenvalue weighted by Gasteiger charge is 2.17. The van der Waals surface area contributed by atoms with Crippen LogP contribution in [0, 0.1) is 6.92 Å². The molecule has 0 aliphatic heterocycles. The van der Waals surface area contributed by atoms with E-state index in [0.29, 0.717) is 23.8 Å². The van der Waals surface area contributed by atoms with E-state index in [4.69, 9.17) is 11.6 Å². The van der Waals surface area contributed by atoms with Crippen LogP contribution in [0.25, 0.3) is 16.7 Å². The lowest BCUT2D eigenvalue weighted by molar-refractivity contribution is 0.301. The molecule has 0 aliphatic rings. The van der Waals surface area contributed by atoms with Crippen molar-refractivity contribution in [3.63, 3.8) is 0 Å². The molecule has 0 amide bonds. The van der Waals surface area contributed by atoms with Crippen molar-refractivity contribution in [2.75, 3.05) is 18.1 Å². The first-order chi connectivity index (χ1) is 13.7. The second kappa shape index (κ2) is 7.96. The number of aromatic nitrogens is 4. The molecule has 4 aromatic rings. The van der Waals surface area contributed by atoms with Gasteiger partial charge in [-0.25, -0.2) is 14.6 Å². The molecule has 0 radical (unpaired) electrons. The highest BCUT2D eigenvalue weighted by Crippen LogP contribution is 2.27. The van der Waals surface area contributed by atoms with Gasteiger partial charge in [-0.2, -0.15) is 5.10 Å². The second-order valence-corrected chi connectivity index (χ2v) is 6.99. The molecular weight excluding hydrogens is 374 g/mol. The number of benzene rings is 2. The topological polar surface area (TPSA) is 67.1 Å². The predicted octanol–water partition coefficient (Wildman–Crippen LogP) is 3.78. The van der Waals surface area contributed by atoms with Gasteiger partial charge in [-0.3, -0.25) is 0 Å². The van der Waals surface area contributed by atoms with Crippen LogP contribution in [0.3, 0.4) is 0 Å². The zero-order valence-electron chi connectivity index (χ0n) is 15.5. The van der Waals surface area contributed by atoms with Crippen molar-refractivity contribution in [1.29, 1.82) is 0 Å². The monoisotopic (exact) mass is 393 g/mol. The molecule has 0 unspecified atom stereocenters. The van der Waals surface area contributed by atoms with Crippen molar-refractivity contribution in [3.8, 4) is 5.69 Å². The van der Waals surface area contributed by atoms with Crippen LogP contribution in [0.1, 0.15) is 11.1 Å². The molecule has 1 N–H and O–H groups in total. The normalized spacial score (nSPS) is 11.1. The minimum Gasteiger partial charge on any atom is -0.395 e. The van der Waals surface area contributed by atoms with E-state index in [-0.39, 0.29) is 6.61 Å². The smallest absolute Gasteiger partial charge is 0.168 e. The average molecular weight is 394 g/mol. The molecule has 0 atom stereocenters. The lowest BCUT2D eigenvalue weighted by Gasteiger charge is -2.23. The third kappa shape index (κ3) is 3.56. The zero-order valence-corrected chi connectivity index (χ0v) is 16.2. The number of aliphatic hydroxyl groups is 1. The molecule has 4 rings (SSSR count). The second-order valence-electron chi connectivity index (χ2n) is 6.55. The molecule has 0 spiro atoms. The Morgan fingerprint density at radius 2 is 1.93 bits per heavy atom. The number of rotatable bonds is 6. The number of aryl methyl sites for hydroxylation is 1. The Labute approximate surface area is 168 Å². The van der Waals surface area contributed by atoms with Crippen LogP contribution >= 0.6 is 11.6 Å². The van der Waals surface area contributed by atoms with Crippen LogP contribution in [0.2, 0.25) is 5.02 Å². The maximum Gasteiger partial charge on any atom is 0.168 e. The van der Waals surface area contributed by atoms with Gasteiger partial charge in [0.2, 0.25) is 0 Å². The van der Waals surface area contributed by atoms with E-state index in [9.17, 15) is 5.11 Å². The number of halogens is 1. The van der Waals surface area contributed by atoms with Gasteiger partial charge in [-0.15, -0.1) is 0 Å². The Balaban J connectivity index is 1.79. The summed E-state index contributed by atoms with van der Waals surface area (Å²) in [5, 5.41) is 15.6. The lowest BCUT2D eigenvalue weighted by atomic mass is 10.2. The van der Waals surface area contributed by atoms with Gasteiger partial charge in [0.05, 0.1) is 23.9 Å². The zero-order chi connectivity index (χ0) is 19.5.